The maximum Gasteiger partial charge on any atom is 0.237 e. The molecule has 0 radical (unpaired) electrons. The molecule has 100 valence electrons. The molecule has 0 heterocycles. The van der Waals surface area contributed by atoms with Crippen molar-refractivity contribution in [3.63, 3.8) is 0 Å². The summed E-state index contributed by atoms with van der Waals surface area (Å²) in [7, 11) is 1.74. The highest BCUT2D eigenvalue weighted by Crippen LogP contribution is 2.15. The Kier molecular flexibility index (Phi) is 5.16. The minimum atomic E-state index is -0.657. The number of benzene rings is 1. The van der Waals surface area contributed by atoms with Gasteiger partial charge < -0.3 is 15.8 Å². The van der Waals surface area contributed by atoms with Crippen LogP contribution in [0.1, 0.15) is 25.3 Å². The molecular formula is C14H22N2O2. The third-order valence-electron chi connectivity index (χ3n) is 3.17. The first-order valence-electron chi connectivity index (χ1n) is 6.16. The van der Waals surface area contributed by atoms with Crippen LogP contribution < -0.4 is 15.8 Å². The van der Waals surface area contributed by atoms with Gasteiger partial charge in [-0.05, 0) is 51.4 Å². The van der Waals surface area contributed by atoms with E-state index in [1.54, 1.807) is 7.05 Å². The van der Waals surface area contributed by atoms with Crippen molar-refractivity contribution in [2.24, 2.45) is 5.73 Å². The summed E-state index contributed by atoms with van der Waals surface area (Å²) in [5, 5.41) is 2.96. The number of rotatable bonds is 7. The number of nitrogens with one attached hydrogen (secondary N) is 1. The number of hydrogen-bond donors (Lipinski definition) is 2. The molecule has 0 aliphatic rings. The number of ether oxygens (including phenoxy) is 1. The quantitative estimate of drug-likeness (QED) is 0.723. The van der Waals surface area contributed by atoms with E-state index in [4.69, 9.17) is 10.5 Å². The van der Waals surface area contributed by atoms with Crippen LogP contribution in [0.15, 0.2) is 24.3 Å². The van der Waals surface area contributed by atoms with Crippen molar-refractivity contribution in [2.45, 2.75) is 32.2 Å². The smallest absolute Gasteiger partial charge is 0.237 e. The van der Waals surface area contributed by atoms with Crippen molar-refractivity contribution in [3.8, 4) is 5.75 Å². The van der Waals surface area contributed by atoms with Gasteiger partial charge in [-0.2, -0.15) is 0 Å². The lowest BCUT2D eigenvalue weighted by molar-refractivity contribution is -0.123. The van der Waals surface area contributed by atoms with Crippen LogP contribution in [0.2, 0.25) is 0 Å². The van der Waals surface area contributed by atoms with Crippen LogP contribution >= 0.6 is 0 Å². The summed E-state index contributed by atoms with van der Waals surface area (Å²) in [5.41, 5.74) is 5.87. The second kappa shape index (κ2) is 6.40. The van der Waals surface area contributed by atoms with Gasteiger partial charge in [0.2, 0.25) is 5.91 Å². The molecule has 1 aromatic carbocycles. The Hall–Kier alpha value is -1.55. The molecule has 1 atom stereocenters. The van der Waals surface area contributed by atoms with Crippen molar-refractivity contribution in [1.29, 1.82) is 0 Å². The molecule has 1 unspecified atom stereocenters. The largest absolute Gasteiger partial charge is 0.494 e. The normalized spacial score (nSPS) is 13.9. The molecule has 1 rings (SSSR count). The molecule has 3 N–H and O–H groups in total. The van der Waals surface area contributed by atoms with Gasteiger partial charge in [0.15, 0.2) is 0 Å². The van der Waals surface area contributed by atoms with Gasteiger partial charge in [-0.25, -0.2) is 0 Å². The number of nitrogens with two attached hydrogens (primary N) is 1. The fourth-order valence-corrected chi connectivity index (χ4v) is 1.69. The number of amides is 1. The molecule has 0 fully saturated rings. The zero-order valence-corrected chi connectivity index (χ0v) is 11.3. The molecule has 0 aliphatic heterocycles. The summed E-state index contributed by atoms with van der Waals surface area (Å²) in [5.74, 6) is 0.529. The molecule has 0 bridgehead atoms. The predicted octanol–water partition coefficient (Wildman–Crippen LogP) is 1.62. The molecule has 1 amide bonds. The van der Waals surface area contributed by atoms with Crippen molar-refractivity contribution < 1.29 is 9.53 Å². The maximum atomic E-state index is 11.3. The second-order valence-electron chi connectivity index (χ2n) is 4.71. The summed E-state index contributed by atoms with van der Waals surface area (Å²) >= 11 is 0. The van der Waals surface area contributed by atoms with Gasteiger partial charge in [0.1, 0.15) is 5.75 Å². The molecule has 4 heteroatoms. The zero-order valence-electron chi connectivity index (χ0n) is 11.3. The number of carbonyl (C=O) groups is 1. The summed E-state index contributed by atoms with van der Waals surface area (Å²) in [6.07, 6.45) is 1.43. The Balaban J connectivity index is 2.37. The lowest BCUT2D eigenvalue weighted by atomic mass is 9.95. The Morgan fingerprint density at radius 2 is 2.22 bits per heavy atom. The summed E-state index contributed by atoms with van der Waals surface area (Å²) in [6.45, 7) is 4.41. The van der Waals surface area contributed by atoms with Gasteiger partial charge >= 0.3 is 0 Å². The van der Waals surface area contributed by atoms with Crippen LogP contribution in [0.5, 0.6) is 5.75 Å². The van der Waals surface area contributed by atoms with E-state index in [1.807, 2.05) is 38.1 Å². The summed E-state index contributed by atoms with van der Waals surface area (Å²) in [6, 6.07) is 7.91. The first kappa shape index (κ1) is 14.5. The first-order chi connectivity index (χ1) is 8.48. The fourth-order valence-electron chi connectivity index (χ4n) is 1.69. The molecule has 0 saturated heterocycles. The highest BCUT2D eigenvalue weighted by molar-refractivity contribution is 5.84. The SMILES string of the molecule is CNC(C)(CCCOc1cccc(C)c1)C(N)=O. The lowest BCUT2D eigenvalue weighted by Crippen LogP contribution is -2.51. The number of likely N-dealkylation sites (N-methyl/N-ethyl adjacent to an activating group) is 1. The Morgan fingerprint density at radius 1 is 1.50 bits per heavy atom. The average Bonchev–Trinajstić information content (AvgIpc) is 2.34. The monoisotopic (exact) mass is 250 g/mol. The van der Waals surface area contributed by atoms with Gasteiger partial charge in [-0.1, -0.05) is 12.1 Å². The van der Waals surface area contributed by atoms with E-state index in [9.17, 15) is 4.79 Å². The van der Waals surface area contributed by atoms with E-state index in [1.165, 1.54) is 5.56 Å². The topological polar surface area (TPSA) is 64.3 Å². The van der Waals surface area contributed by atoms with Gasteiger partial charge in [-0.3, -0.25) is 4.79 Å². The van der Waals surface area contributed by atoms with Crippen LogP contribution in [-0.2, 0) is 4.79 Å². The summed E-state index contributed by atoms with van der Waals surface area (Å²) in [4.78, 5) is 11.3. The van der Waals surface area contributed by atoms with Crippen LogP contribution in [0.3, 0.4) is 0 Å². The van der Waals surface area contributed by atoms with Crippen LogP contribution in [0.25, 0.3) is 0 Å². The van der Waals surface area contributed by atoms with Gasteiger partial charge in [0.05, 0.1) is 12.1 Å². The Labute approximate surface area is 109 Å². The molecular weight excluding hydrogens is 228 g/mol. The Morgan fingerprint density at radius 3 is 2.78 bits per heavy atom. The van der Waals surface area contributed by atoms with Crippen molar-refractivity contribution in [2.75, 3.05) is 13.7 Å². The molecule has 0 aromatic heterocycles. The highest BCUT2D eigenvalue weighted by Gasteiger charge is 2.27. The predicted molar refractivity (Wildman–Crippen MR) is 72.6 cm³/mol. The van der Waals surface area contributed by atoms with Crippen LogP contribution in [-0.4, -0.2) is 25.1 Å². The fraction of sp³-hybridized carbons (Fsp3) is 0.500. The molecule has 18 heavy (non-hydrogen) atoms. The Bertz CT molecular complexity index is 407. The molecule has 4 nitrogen and oxygen atoms in total. The number of primary amides is 1. The van der Waals surface area contributed by atoms with E-state index in [0.717, 1.165) is 12.2 Å². The summed E-state index contributed by atoms with van der Waals surface area (Å²) < 4.78 is 5.63. The van der Waals surface area contributed by atoms with Gasteiger partial charge in [0, 0.05) is 0 Å². The number of carbonyl (C=O) groups excluding carboxylic acids is 1. The second-order valence-corrected chi connectivity index (χ2v) is 4.71. The van der Waals surface area contributed by atoms with Crippen molar-refractivity contribution >= 4 is 5.91 Å². The minimum Gasteiger partial charge on any atom is -0.494 e. The number of hydrogen-bond acceptors (Lipinski definition) is 3. The molecule has 0 aliphatic carbocycles. The molecule has 0 saturated carbocycles. The standard InChI is InChI=1S/C14H22N2O2/c1-11-6-4-7-12(10-11)18-9-5-8-14(2,16-3)13(15)17/h4,6-7,10,16H,5,8-9H2,1-3H3,(H2,15,17). The van der Waals surface area contributed by atoms with Crippen molar-refractivity contribution in [3.05, 3.63) is 29.8 Å². The average molecular weight is 250 g/mol. The minimum absolute atomic E-state index is 0.333. The first-order valence-corrected chi connectivity index (χ1v) is 6.16. The van der Waals surface area contributed by atoms with E-state index >= 15 is 0 Å². The third-order valence-corrected chi connectivity index (χ3v) is 3.17. The third kappa shape index (κ3) is 4.04. The molecule has 1 aromatic rings. The van der Waals surface area contributed by atoms with E-state index < -0.39 is 5.54 Å². The van der Waals surface area contributed by atoms with E-state index in [2.05, 4.69) is 5.32 Å². The number of aryl methyl sites for hydroxylation is 1. The van der Waals surface area contributed by atoms with Gasteiger partial charge in [0.25, 0.3) is 0 Å². The highest BCUT2D eigenvalue weighted by atomic mass is 16.5. The van der Waals surface area contributed by atoms with Crippen LogP contribution in [0.4, 0.5) is 0 Å². The van der Waals surface area contributed by atoms with Crippen molar-refractivity contribution in [1.82, 2.24) is 5.32 Å². The lowest BCUT2D eigenvalue weighted by Gasteiger charge is -2.25. The van der Waals surface area contributed by atoms with E-state index in [-0.39, 0.29) is 5.91 Å². The zero-order chi connectivity index (χ0) is 13.6. The van der Waals surface area contributed by atoms with Crippen LogP contribution in [0, 0.1) is 6.92 Å². The maximum absolute atomic E-state index is 11.3. The van der Waals surface area contributed by atoms with Gasteiger partial charge in [-0.15, -0.1) is 0 Å². The van der Waals surface area contributed by atoms with E-state index in [0.29, 0.717) is 13.0 Å². The molecule has 0 spiro atoms.